The van der Waals surface area contributed by atoms with Gasteiger partial charge in [0.25, 0.3) is 0 Å². The number of hydrogen-bond donors (Lipinski definition) is 3. The van der Waals surface area contributed by atoms with Crippen LogP contribution < -0.4 is 11.5 Å². The summed E-state index contributed by atoms with van der Waals surface area (Å²) in [4.78, 5) is 0. The zero-order valence-corrected chi connectivity index (χ0v) is 8.41. The van der Waals surface area contributed by atoms with Crippen LogP contribution >= 0.6 is 0 Å². The van der Waals surface area contributed by atoms with Crippen LogP contribution in [-0.4, -0.2) is 10.2 Å². The van der Waals surface area contributed by atoms with Gasteiger partial charge in [0.05, 0.1) is 5.69 Å². The second-order valence-electron chi connectivity index (χ2n) is 3.75. The van der Waals surface area contributed by atoms with Crippen LogP contribution in [0, 0.1) is 17.2 Å². The lowest BCUT2D eigenvalue weighted by Gasteiger charge is -2.12. The molecule has 0 saturated carbocycles. The smallest absolute Gasteiger partial charge is 0.163 e. The summed E-state index contributed by atoms with van der Waals surface area (Å²) < 4.78 is 0. The van der Waals surface area contributed by atoms with Crippen LogP contribution in [0.2, 0.25) is 0 Å². The standard InChI is InChI=1S/C9H15N5/c1-5(2)3-7(11)8-6(4-10)9(12)14-13-8/h5,7H,3,11H2,1-2H3,(H3,12,13,14)/t7-/m1/s1. The molecule has 76 valence electrons. The molecule has 0 bridgehead atoms. The van der Waals surface area contributed by atoms with Crippen molar-refractivity contribution in [2.45, 2.75) is 26.3 Å². The first kappa shape index (κ1) is 10.5. The fourth-order valence-corrected chi connectivity index (χ4v) is 1.38. The monoisotopic (exact) mass is 193 g/mol. The maximum atomic E-state index is 8.83. The summed E-state index contributed by atoms with van der Waals surface area (Å²) in [7, 11) is 0. The van der Waals surface area contributed by atoms with E-state index in [1.54, 1.807) is 0 Å². The predicted molar refractivity (Wildman–Crippen MR) is 54.1 cm³/mol. The van der Waals surface area contributed by atoms with Crippen LogP contribution in [0.1, 0.15) is 37.6 Å². The highest BCUT2D eigenvalue weighted by atomic mass is 15.2. The van der Waals surface area contributed by atoms with Gasteiger partial charge < -0.3 is 11.5 Å². The minimum Gasteiger partial charge on any atom is -0.381 e. The SMILES string of the molecule is CC(C)C[C@@H](N)c1[nH]nc(N)c1C#N. The van der Waals surface area contributed by atoms with E-state index in [0.717, 1.165) is 6.42 Å². The number of aromatic nitrogens is 2. The number of nitrogens with two attached hydrogens (primary N) is 2. The molecule has 1 atom stereocenters. The topological polar surface area (TPSA) is 105 Å². The lowest BCUT2D eigenvalue weighted by atomic mass is 10.00. The molecule has 1 aromatic rings. The van der Waals surface area contributed by atoms with Gasteiger partial charge in [0, 0.05) is 6.04 Å². The van der Waals surface area contributed by atoms with E-state index in [2.05, 4.69) is 24.0 Å². The van der Waals surface area contributed by atoms with E-state index in [0.29, 0.717) is 17.2 Å². The quantitative estimate of drug-likeness (QED) is 0.663. The Morgan fingerprint density at radius 1 is 1.57 bits per heavy atom. The molecule has 14 heavy (non-hydrogen) atoms. The van der Waals surface area contributed by atoms with E-state index >= 15 is 0 Å². The fraction of sp³-hybridized carbons (Fsp3) is 0.556. The molecule has 5 nitrogen and oxygen atoms in total. The lowest BCUT2D eigenvalue weighted by molar-refractivity contribution is 0.501. The number of nitrogen functional groups attached to an aromatic ring is 1. The van der Waals surface area contributed by atoms with Crippen LogP contribution in [0.5, 0.6) is 0 Å². The number of rotatable bonds is 3. The van der Waals surface area contributed by atoms with Gasteiger partial charge in [-0.15, -0.1) is 0 Å². The van der Waals surface area contributed by atoms with E-state index in [1.165, 1.54) is 0 Å². The molecule has 1 heterocycles. The average molecular weight is 193 g/mol. The minimum atomic E-state index is -0.200. The van der Waals surface area contributed by atoms with Gasteiger partial charge in [-0.2, -0.15) is 10.4 Å². The molecule has 5 N–H and O–H groups in total. The predicted octanol–water partition coefficient (Wildman–Crippen LogP) is 0.909. The number of H-pyrrole nitrogens is 1. The maximum absolute atomic E-state index is 8.83. The van der Waals surface area contributed by atoms with Crippen molar-refractivity contribution >= 4 is 5.82 Å². The first-order valence-corrected chi connectivity index (χ1v) is 4.55. The number of aromatic amines is 1. The number of hydrogen-bond acceptors (Lipinski definition) is 4. The largest absolute Gasteiger partial charge is 0.381 e. The summed E-state index contributed by atoms with van der Waals surface area (Å²) in [5.74, 6) is 0.697. The summed E-state index contributed by atoms with van der Waals surface area (Å²) in [6.45, 7) is 4.15. The Bertz CT molecular complexity index is 347. The molecule has 1 aromatic heterocycles. The third-order valence-corrected chi connectivity index (χ3v) is 2.03. The lowest BCUT2D eigenvalue weighted by Crippen LogP contribution is -2.14. The Morgan fingerprint density at radius 2 is 2.21 bits per heavy atom. The van der Waals surface area contributed by atoms with Crippen LogP contribution in [0.15, 0.2) is 0 Å². The molecule has 5 heteroatoms. The Kier molecular flexibility index (Phi) is 3.10. The highest BCUT2D eigenvalue weighted by Gasteiger charge is 2.17. The van der Waals surface area contributed by atoms with E-state index in [1.807, 2.05) is 6.07 Å². The zero-order valence-electron chi connectivity index (χ0n) is 8.41. The van der Waals surface area contributed by atoms with E-state index < -0.39 is 0 Å². The van der Waals surface area contributed by atoms with Crippen molar-refractivity contribution in [1.29, 1.82) is 5.26 Å². The highest BCUT2D eigenvalue weighted by Crippen LogP contribution is 2.22. The first-order valence-electron chi connectivity index (χ1n) is 4.55. The molecule has 0 aliphatic carbocycles. The van der Waals surface area contributed by atoms with Gasteiger partial charge in [0.15, 0.2) is 5.82 Å². The van der Waals surface area contributed by atoms with Gasteiger partial charge in [0.2, 0.25) is 0 Å². The molecule has 0 aromatic carbocycles. The maximum Gasteiger partial charge on any atom is 0.163 e. The summed E-state index contributed by atoms with van der Waals surface area (Å²) in [5, 5.41) is 15.3. The van der Waals surface area contributed by atoms with Gasteiger partial charge >= 0.3 is 0 Å². The van der Waals surface area contributed by atoms with E-state index in [-0.39, 0.29) is 11.9 Å². The molecule has 0 radical (unpaired) electrons. The van der Waals surface area contributed by atoms with Crippen LogP contribution in [0.3, 0.4) is 0 Å². The normalized spacial score (nSPS) is 12.8. The Labute approximate surface area is 83.1 Å². The van der Waals surface area contributed by atoms with Crippen molar-refractivity contribution < 1.29 is 0 Å². The summed E-state index contributed by atoms with van der Waals surface area (Å²) in [6.07, 6.45) is 0.802. The zero-order chi connectivity index (χ0) is 10.7. The highest BCUT2D eigenvalue weighted by molar-refractivity contribution is 5.51. The van der Waals surface area contributed by atoms with Gasteiger partial charge in [-0.25, -0.2) is 0 Å². The van der Waals surface area contributed by atoms with Crippen molar-refractivity contribution in [3.05, 3.63) is 11.3 Å². The number of nitrogens with zero attached hydrogens (tertiary/aromatic N) is 2. The molecule has 0 aliphatic rings. The third kappa shape index (κ3) is 2.03. The van der Waals surface area contributed by atoms with Crippen molar-refractivity contribution in [2.24, 2.45) is 11.7 Å². The molecule has 0 fully saturated rings. The van der Waals surface area contributed by atoms with E-state index in [9.17, 15) is 0 Å². The molecule has 0 aliphatic heterocycles. The molecule has 0 saturated heterocycles. The Hall–Kier alpha value is -1.54. The van der Waals surface area contributed by atoms with Crippen LogP contribution in [-0.2, 0) is 0 Å². The van der Waals surface area contributed by atoms with Gasteiger partial charge in [-0.1, -0.05) is 13.8 Å². The molecule has 1 rings (SSSR count). The number of nitriles is 1. The Balaban J connectivity index is 2.90. The molecule has 0 unspecified atom stereocenters. The fourth-order valence-electron chi connectivity index (χ4n) is 1.38. The Morgan fingerprint density at radius 3 is 2.71 bits per heavy atom. The number of nitrogens with one attached hydrogen (secondary N) is 1. The van der Waals surface area contributed by atoms with Gasteiger partial charge in [0.1, 0.15) is 11.6 Å². The summed E-state index contributed by atoms with van der Waals surface area (Å²) >= 11 is 0. The van der Waals surface area contributed by atoms with Gasteiger partial charge in [-0.05, 0) is 12.3 Å². The second kappa shape index (κ2) is 4.11. The summed E-state index contributed by atoms with van der Waals surface area (Å²) in [5.41, 5.74) is 12.4. The number of anilines is 1. The second-order valence-corrected chi connectivity index (χ2v) is 3.75. The first-order chi connectivity index (χ1) is 6.56. The minimum absolute atomic E-state index is 0.200. The van der Waals surface area contributed by atoms with Crippen molar-refractivity contribution in [3.63, 3.8) is 0 Å². The van der Waals surface area contributed by atoms with Crippen LogP contribution in [0.4, 0.5) is 5.82 Å². The van der Waals surface area contributed by atoms with Crippen molar-refractivity contribution in [3.8, 4) is 6.07 Å². The third-order valence-electron chi connectivity index (χ3n) is 2.03. The molecule has 0 spiro atoms. The molecular formula is C9H15N5. The molecule has 0 amide bonds. The van der Waals surface area contributed by atoms with Gasteiger partial charge in [-0.3, -0.25) is 5.10 Å². The average Bonchev–Trinajstić information content (AvgIpc) is 2.45. The summed E-state index contributed by atoms with van der Waals surface area (Å²) in [6, 6.07) is 1.80. The van der Waals surface area contributed by atoms with Crippen LogP contribution in [0.25, 0.3) is 0 Å². The van der Waals surface area contributed by atoms with Crippen molar-refractivity contribution in [2.75, 3.05) is 5.73 Å². The van der Waals surface area contributed by atoms with Crippen molar-refractivity contribution in [1.82, 2.24) is 10.2 Å². The molecular weight excluding hydrogens is 178 g/mol. The van der Waals surface area contributed by atoms with E-state index in [4.69, 9.17) is 16.7 Å².